The minimum absolute atomic E-state index is 0.0895. The molecule has 4 nitrogen and oxygen atoms in total. The summed E-state index contributed by atoms with van der Waals surface area (Å²) < 4.78 is 11.6. The smallest absolute Gasteiger partial charge is 0.197 e. The molecule has 0 bridgehead atoms. The predicted octanol–water partition coefficient (Wildman–Crippen LogP) is 4.01. The lowest BCUT2D eigenvalue weighted by molar-refractivity contribution is 0.376. The van der Waals surface area contributed by atoms with Crippen LogP contribution in [-0.4, -0.2) is 11.5 Å². The van der Waals surface area contributed by atoms with E-state index in [2.05, 4.69) is 17.2 Å². The Morgan fingerprint density at radius 2 is 2.00 bits per heavy atom. The lowest BCUT2D eigenvalue weighted by Gasteiger charge is -2.14. The molecule has 21 heavy (non-hydrogen) atoms. The second-order valence-electron chi connectivity index (χ2n) is 5.23. The Morgan fingerprint density at radius 3 is 2.71 bits per heavy atom. The van der Waals surface area contributed by atoms with Crippen molar-refractivity contribution >= 4 is 11.1 Å². The molecule has 0 saturated carbocycles. The van der Waals surface area contributed by atoms with Crippen molar-refractivity contribution in [3.8, 4) is 0 Å². The number of benzene rings is 1. The Balaban J connectivity index is 1.83. The van der Waals surface area contributed by atoms with E-state index in [9.17, 15) is 0 Å². The van der Waals surface area contributed by atoms with Crippen LogP contribution in [0, 0.1) is 6.92 Å². The Hall–Kier alpha value is -2.07. The molecule has 0 aliphatic heterocycles. The maximum absolute atomic E-state index is 5.81. The Kier molecular flexibility index (Phi) is 4.06. The lowest BCUT2D eigenvalue weighted by Crippen LogP contribution is -2.23. The second-order valence-corrected chi connectivity index (χ2v) is 5.23. The van der Waals surface area contributed by atoms with Crippen molar-refractivity contribution in [1.82, 2.24) is 10.3 Å². The van der Waals surface area contributed by atoms with Crippen LogP contribution in [0.5, 0.6) is 0 Å². The van der Waals surface area contributed by atoms with E-state index < -0.39 is 0 Å². The largest absolute Gasteiger partial charge is 0.465 e. The predicted molar refractivity (Wildman–Crippen MR) is 82.2 cm³/mol. The SMILES string of the molecule is CCCNC(Cc1nc2ccccc2o1)c1ccc(C)o1. The van der Waals surface area contributed by atoms with E-state index in [0.717, 1.165) is 41.5 Å². The molecule has 1 atom stereocenters. The van der Waals surface area contributed by atoms with Gasteiger partial charge in [-0.25, -0.2) is 4.98 Å². The van der Waals surface area contributed by atoms with Gasteiger partial charge in [0.05, 0.1) is 6.04 Å². The molecule has 110 valence electrons. The fraction of sp³-hybridized carbons (Fsp3) is 0.353. The number of hydrogen-bond donors (Lipinski definition) is 1. The van der Waals surface area contributed by atoms with E-state index in [1.165, 1.54) is 0 Å². The van der Waals surface area contributed by atoms with Gasteiger partial charge in [-0.3, -0.25) is 0 Å². The molecular weight excluding hydrogens is 264 g/mol. The van der Waals surface area contributed by atoms with E-state index in [0.29, 0.717) is 6.42 Å². The first-order chi connectivity index (χ1) is 10.3. The highest BCUT2D eigenvalue weighted by molar-refractivity contribution is 5.72. The summed E-state index contributed by atoms with van der Waals surface area (Å²) in [4.78, 5) is 4.54. The van der Waals surface area contributed by atoms with Crippen LogP contribution in [0.15, 0.2) is 45.2 Å². The standard InChI is InChI=1S/C17H20N2O2/c1-3-10-18-14(16-9-8-12(2)20-16)11-17-19-13-6-4-5-7-15(13)21-17/h4-9,14,18H,3,10-11H2,1-2H3. The molecule has 1 unspecified atom stereocenters. The quantitative estimate of drug-likeness (QED) is 0.743. The second kappa shape index (κ2) is 6.14. The summed E-state index contributed by atoms with van der Waals surface area (Å²) in [6.45, 7) is 5.04. The first-order valence-corrected chi connectivity index (χ1v) is 7.40. The average Bonchev–Trinajstić information content (AvgIpc) is 3.08. The van der Waals surface area contributed by atoms with Gasteiger partial charge >= 0.3 is 0 Å². The van der Waals surface area contributed by atoms with Gasteiger partial charge in [-0.05, 0) is 44.2 Å². The summed E-state index contributed by atoms with van der Waals surface area (Å²) in [5.74, 6) is 2.59. The third-order valence-electron chi connectivity index (χ3n) is 3.46. The van der Waals surface area contributed by atoms with Gasteiger partial charge in [0.2, 0.25) is 0 Å². The molecule has 0 fully saturated rings. The van der Waals surface area contributed by atoms with Crippen LogP contribution in [0.4, 0.5) is 0 Å². The van der Waals surface area contributed by atoms with Crippen molar-refractivity contribution in [3.63, 3.8) is 0 Å². The number of aromatic nitrogens is 1. The molecule has 1 aromatic carbocycles. The highest BCUT2D eigenvalue weighted by atomic mass is 16.4. The number of nitrogens with zero attached hydrogens (tertiary/aromatic N) is 1. The third-order valence-corrected chi connectivity index (χ3v) is 3.46. The van der Waals surface area contributed by atoms with Crippen molar-refractivity contribution in [2.75, 3.05) is 6.54 Å². The van der Waals surface area contributed by atoms with Crippen molar-refractivity contribution in [3.05, 3.63) is 53.8 Å². The molecule has 3 aromatic rings. The van der Waals surface area contributed by atoms with Gasteiger partial charge < -0.3 is 14.2 Å². The molecule has 0 saturated heterocycles. The number of furan rings is 1. The van der Waals surface area contributed by atoms with Gasteiger partial charge in [-0.1, -0.05) is 19.1 Å². The Labute approximate surface area is 124 Å². The average molecular weight is 284 g/mol. The van der Waals surface area contributed by atoms with Crippen molar-refractivity contribution < 1.29 is 8.83 Å². The molecule has 2 aromatic heterocycles. The molecule has 0 aliphatic rings. The maximum atomic E-state index is 5.81. The summed E-state index contributed by atoms with van der Waals surface area (Å²) in [6.07, 6.45) is 1.76. The number of hydrogen-bond acceptors (Lipinski definition) is 4. The molecule has 4 heteroatoms. The van der Waals surface area contributed by atoms with E-state index in [4.69, 9.17) is 8.83 Å². The fourth-order valence-corrected chi connectivity index (χ4v) is 2.41. The topological polar surface area (TPSA) is 51.2 Å². The lowest BCUT2D eigenvalue weighted by atomic mass is 10.1. The number of aryl methyl sites for hydroxylation is 1. The molecule has 1 N–H and O–H groups in total. The molecular formula is C17H20N2O2. The monoisotopic (exact) mass is 284 g/mol. The van der Waals surface area contributed by atoms with Crippen molar-refractivity contribution in [2.24, 2.45) is 0 Å². The number of fused-ring (bicyclic) bond motifs is 1. The maximum Gasteiger partial charge on any atom is 0.197 e. The third kappa shape index (κ3) is 3.16. The first kappa shape index (κ1) is 13.9. The van der Waals surface area contributed by atoms with E-state index >= 15 is 0 Å². The summed E-state index contributed by atoms with van der Waals surface area (Å²) in [5, 5.41) is 3.50. The van der Waals surface area contributed by atoms with Crippen LogP contribution in [-0.2, 0) is 6.42 Å². The molecule has 0 amide bonds. The van der Waals surface area contributed by atoms with Crippen LogP contribution in [0.25, 0.3) is 11.1 Å². The van der Waals surface area contributed by atoms with Gasteiger partial charge in [-0.15, -0.1) is 0 Å². The number of rotatable bonds is 6. The molecule has 0 aliphatic carbocycles. The van der Waals surface area contributed by atoms with Crippen molar-refractivity contribution in [1.29, 1.82) is 0 Å². The Bertz CT molecular complexity index is 681. The van der Waals surface area contributed by atoms with Crippen LogP contribution in [0.3, 0.4) is 0 Å². The summed E-state index contributed by atoms with van der Waals surface area (Å²) in [5.41, 5.74) is 1.73. The molecule has 3 rings (SSSR count). The summed E-state index contributed by atoms with van der Waals surface area (Å²) in [6, 6.07) is 11.9. The number of nitrogens with one attached hydrogen (secondary N) is 1. The van der Waals surface area contributed by atoms with E-state index in [1.54, 1.807) is 0 Å². The van der Waals surface area contributed by atoms with Gasteiger partial charge in [0.25, 0.3) is 0 Å². The molecule has 2 heterocycles. The normalized spacial score (nSPS) is 12.9. The van der Waals surface area contributed by atoms with E-state index in [-0.39, 0.29) is 6.04 Å². The van der Waals surface area contributed by atoms with Crippen LogP contribution >= 0.6 is 0 Å². The van der Waals surface area contributed by atoms with Crippen LogP contribution in [0.1, 0.15) is 36.8 Å². The van der Waals surface area contributed by atoms with Crippen LogP contribution in [0.2, 0.25) is 0 Å². The Morgan fingerprint density at radius 1 is 1.14 bits per heavy atom. The van der Waals surface area contributed by atoms with E-state index in [1.807, 2.05) is 43.3 Å². The zero-order chi connectivity index (χ0) is 14.7. The fourth-order valence-electron chi connectivity index (χ4n) is 2.41. The zero-order valence-corrected chi connectivity index (χ0v) is 12.4. The minimum atomic E-state index is 0.0895. The molecule has 0 spiro atoms. The van der Waals surface area contributed by atoms with Gasteiger partial charge in [-0.2, -0.15) is 0 Å². The summed E-state index contributed by atoms with van der Waals surface area (Å²) in [7, 11) is 0. The minimum Gasteiger partial charge on any atom is -0.465 e. The van der Waals surface area contributed by atoms with Crippen molar-refractivity contribution in [2.45, 2.75) is 32.7 Å². The highest BCUT2D eigenvalue weighted by Gasteiger charge is 2.18. The highest BCUT2D eigenvalue weighted by Crippen LogP contribution is 2.23. The number of oxazole rings is 1. The zero-order valence-electron chi connectivity index (χ0n) is 12.4. The number of para-hydroxylation sites is 2. The van der Waals surface area contributed by atoms with Gasteiger partial charge in [0.1, 0.15) is 17.0 Å². The van der Waals surface area contributed by atoms with Gasteiger partial charge in [0, 0.05) is 6.42 Å². The van der Waals surface area contributed by atoms with Gasteiger partial charge in [0.15, 0.2) is 11.5 Å². The first-order valence-electron chi connectivity index (χ1n) is 7.40. The molecule has 0 radical (unpaired) electrons. The van der Waals surface area contributed by atoms with Crippen LogP contribution < -0.4 is 5.32 Å². The summed E-state index contributed by atoms with van der Waals surface area (Å²) >= 11 is 0.